The van der Waals surface area contributed by atoms with E-state index >= 15 is 0 Å². The highest BCUT2D eigenvalue weighted by Crippen LogP contribution is 2.22. The van der Waals surface area contributed by atoms with Gasteiger partial charge in [-0.2, -0.15) is 0 Å². The van der Waals surface area contributed by atoms with Gasteiger partial charge >= 0.3 is 0 Å². The van der Waals surface area contributed by atoms with Crippen LogP contribution in [0.25, 0.3) is 11.0 Å². The Kier molecular flexibility index (Phi) is 3.35. The molecular weight excluding hydrogens is 290 g/mol. The lowest BCUT2D eigenvalue weighted by Crippen LogP contribution is -2.35. The number of nitrogens with one attached hydrogen (secondary N) is 2. The molecule has 1 amide bonds. The van der Waals surface area contributed by atoms with Crippen LogP contribution in [0.3, 0.4) is 0 Å². The molecule has 0 atom stereocenters. The maximum atomic E-state index is 12.5. The highest BCUT2D eigenvalue weighted by atomic mass is 16.3. The van der Waals surface area contributed by atoms with Crippen molar-refractivity contribution < 1.29 is 9.90 Å². The monoisotopic (exact) mass is 307 g/mol. The first-order valence-corrected chi connectivity index (χ1v) is 7.70. The van der Waals surface area contributed by atoms with Crippen LogP contribution in [-0.4, -0.2) is 27.0 Å². The van der Waals surface area contributed by atoms with Crippen molar-refractivity contribution in [2.75, 3.05) is 0 Å². The van der Waals surface area contributed by atoms with Gasteiger partial charge in [0.05, 0.1) is 11.0 Å². The predicted molar refractivity (Wildman–Crippen MR) is 87.1 cm³/mol. The van der Waals surface area contributed by atoms with Gasteiger partial charge in [-0.05, 0) is 42.2 Å². The Morgan fingerprint density at radius 3 is 2.65 bits per heavy atom. The molecule has 3 N–H and O–H groups in total. The van der Waals surface area contributed by atoms with Crippen LogP contribution in [0, 0.1) is 0 Å². The Bertz CT molecular complexity index is 860. The third-order valence-electron chi connectivity index (χ3n) is 4.33. The maximum Gasteiger partial charge on any atom is 0.251 e. The van der Waals surface area contributed by atoms with Crippen LogP contribution < -0.4 is 5.32 Å². The predicted octanol–water partition coefficient (Wildman–Crippen LogP) is 1.95. The quantitative estimate of drug-likeness (QED) is 0.692. The minimum atomic E-state index is -0.142. The zero-order valence-corrected chi connectivity index (χ0v) is 12.5. The fraction of sp³-hybridized carbons (Fsp3) is 0.222. The van der Waals surface area contributed by atoms with Gasteiger partial charge in [0.15, 0.2) is 0 Å². The molecule has 1 aliphatic carbocycles. The Morgan fingerprint density at radius 2 is 1.96 bits per heavy atom. The molecule has 3 aromatic rings. The normalized spacial score (nSPS) is 14.1. The first-order chi connectivity index (χ1) is 11.2. The number of amides is 1. The number of H-pyrrole nitrogens is 1. The van der Waals surface area contributed by atoms with Gasteiger partial charge in [-0.3, -0.25) is 4.79 Å². The summed E-state index contributed by atoms with van der Waals surface area (Å²) in [4.78, 5) is 19.7. The van der Waals surface area contributed by atoms with Crippen molar-refractivity contribution in [3.8, 4) is 0 Å². The first kappa shape index (κ1) is 14.0. The molecule has 5 heteroatoms. The highest BCUT2D eigenvalue weighted by Gasteiger charge is 2.22. The van der Waals surface area contributed by atoms with E-state index in [1.807, 2.05) is 12.1 Å². The molecule has 1 aromatic heterocycles. The molecule has 4 rings (SSSR count). The first-order valence-electron chi connectivity index (χ1n) is 7.70. The van der Waals surface area contributed by atoms with Crippen molar-refractivity contribution in [1.29, 1.82) is 0 Å². The number of hydrogen-bond acceptors (Lipinski definition) is 3. The molecule has 0 aliphatic heterocycles. The Labute approximate surface area is 133 Å². The van der Waals surface area contributed by atoms with Gasteiger partial charge in [0.25, 0.3) is 5.91 Å². The molecule has 0 fully saturated rings. The summed E-state index contributed by atoms with van der Waals surface area (Å²) in [7, 11) is 0. The van der Waals surface area contributed by atoms with Crippen molar-refractivity contribution >= 4 is 16.9 Å². The summed E-state index contributed by atoms with van der Waals surface area (Å²) >= 11 is 0. The van der Waals surface area contributed by atoms with Gasteiger partial charge in [0.2, 0.25) is 0 Å². The number of aromatic nitrogens is 2. The smallest absolute Gasteiger partial charge is 0.251 e. The van der Waals surface area contributed by atoms with Gasteiger partial charge in [-0.25, -0.2) is 4.98 Å². The van der Waals surface area contributed by atoms with E-state index in [2.05, 4.69) is 27.4 Å². The fourth-order valence-corrected chi connectivity index (χ4v) is 3.21. The average Bonchev–Trinajstić information content (AvgIpc) is 3.16. The third-order valence-corrected chi connectivity index (χ3v) is 4.33. The average molecular weight is 307 g/mol. The van der Waals surface area contributed by atoms with E-state index in [4.69, 9.17) is 5.11 Å². The summed E-state index contributed by atoms with van der Waals surface area (Å²) in [5.74, 6) is 0.425. The molecule has 116 valence electrons. The van der Waals surface area contributed by atoms with Crippen LogP contribution in [0.4, 0.5) is 0 Å². The third kappa shape index (κ3) is 2.59. The Balaban J connectivity index is 1.51. The number of imidazole rings is 1. The van der Waals surface area contributed by atoms with E-state index < -0.39 is 0 Å². The van der Waals surface area contributed by atoms with Crippen LogP contribution in [-0.2, 0) is 19.4 Å². The van der Waals surface area contributed by atoms with E-state index in [1.54, 1.807) is 18.2 Å². The zero-order valence-electron chi connectivity index (χ0n) is 12.5. The molecule has 23 heavy (non-hydrogen) atoms. The Morgan fingerprint density at radius 1 is 1.22 bits per heavy atom. The minimum Gasteiger partial charge on any atom is -0.388 e. The summed E-state index contributed by atoms with van der Waals surface area (Å²) in [5.41, 5.74) is 4.74. The molecule has 1 aliphatic rings. The molecule has 0 saturated heterocycles. The van der Waals surface area contributed by atoms with Crippen molar-refractivity contribution in [2.24, 2.45) is 0 Å². The molecule has 2 aromatic carbocycles. The van der Waals surface area contributed by atoms with Crippen LogP contribution in [0.2, 0.25) is 0 Å². The number of rotatable bonds is 3. The topological polar surface area (TPSA) is 78.0 Å². The highest BCUT2D eigenvalue weighted by molar-refractivity contribution is 5.97. The van der Waals surface area contributed by atoms with Crippen LogP contribution in [0.15, 0.2) is 42.5 Å². The maximum absolute atomic E-state index is 12.5. The summed E-state index contributed by atoms with van der Waals surface area (Å²) in [6.45, 7) is -0.142. The van der Waals surface area contributed by atoms with E-state index in [0.717, 1.165) is 23.9 Å². The number of hydrogen-bond donors (Lipinski definition) is 3. The van der Waals surface area contributed by atoms with Crippen LogP contribution in [0.5, 0.6) is 0 Å². The number of aliphatic hydroxyl groups is 1. The van der Waals surface area contributed by atoms with E-state index in [0.29, 0.717) is 11.4 Å². The SMILES string of the molecule is O=C(NC1Cc2ccccc2C1)c1ccc2nc(CO)[nH]c2c1. The zero-order chi connectivity index (χ0) is 15.8. The lowest BCUT2D eigenvalue weighted by Gasteiger charge is -2.12. The van der Waals surface area contributed by atoms with E-state index in [-0.39, 0.29) is 18.6 Å². The van der Waals surface area contributed by atoms with E-state index in [1.165, 1.54) is 11.1 Å². The van der Waals surface area contributed by atoms with Crippen LogP contribution >= 0.6 is 0 Å². The number of nitrogens with zero attached hydrogens (tertiary/aromatic N) is 1. The van der Waals surface area contributed by atoms with Gasteiger partial charge in [-0.15, -0.1) is 0 Å². The number of carbonyl (C=O) groups excluding carboxylic acids is 1. The largest absolute Gasteiger partial charge is 0.388 e. The van der Waals surface area contributed by atoms with Crippen molar-refractivity contribution in [3.05, 3.63) is 65.0 Å². The lowest BCUT2D eigenvalue weighted by atomic mass is 10.1. The molecular formula is C18H17N3O2. The standard InChI is InChI=1S/C18H17N3O2/c22-10-17-20-15-6-5-13(9-16(15)21-17)18(23)19-14-7-11-3-1-2-4-12(11)8-14/h1-6,9,14,22H,7-8,10H2,(H,19,23)(H,20,21). The number of aromatic amines is 1. The molecule has 0 bridgehead atoms. The summed E-state index contributed by atoms with van der Waals surface area (Å²) in [6, 6.07) is 13.8. The summed E-state index contributed by atoms with van der Waals surface area (Å²) in [6.07, 6.45) is 1.76. The number of carbonyl (C=O) groups is 1. The van der Waals surface area contributed by atoms with Gasteiger partial charge < -0.3 is 15.4 Å². The lowest BCUT2D eigenvalue weighted by molar-refractivity contribution is 0.0938. The second-order valence-corrected chi connectivity index (χ2v) is 5.92. The number of fused-ring (bicyclic) bond motifs is 2. The molecule has 0 spiro atoms. The van der Waals surface area contributed by atoms with Gasteiger partial charge in [0.1, 0.15) is 12.4 Å². The van der Waals surface area contributed by atoms with Gasteiger partial charge in [0, 0.05) is 11.6 Å². The van der Waals surface area contributed by atoms with Crippen molar-refractivity contribution in [3.63, 3.8) is 0 Å². The van der Waals surface area contributed by atoms with Gasteiger partial charge in [-0.1, -0.05) is 24.3 Å². The molecule has 0 saturated carbocycles. The second-order valence-electron chi connectivity index (χ2n) is 5.92. The van der Waals surface area contributed by atoms with Crippen molar-refractivity contribution in [1.82, 2.24) is 15.3 Å². The fourth-order valence-electron chi connectivity index (χ4n) is 3.21. The molecule has 1 heterocycles. The Hall–Kier alpha value is -2.66. The van der Waals surface area contributed by atoms with E-state index in [9.17, 15) is 4.79 Å². The number of benzene rings is 2. The summed E-state index contributed by atoms with van der Waals surface area (Å²) < 4.78 is 0. The van der Waals surface area contributed by atoms with Crippen LogP contribution in [0.1, 0.15) is 27.3 Å². The van der Waals surface area contributed by atoms with Crippen molar-refractivity contribution in [2.45, 2.75) is 25.5 Å². The molecule has 0 unspecified atom stereocenters. The minimum absolute atomic E-state index is 0.0788. The number of aliphatic hydroxyl groups excluding tert-OH is 1. The molecule has 5 nitrogen and oxygen atoms in total. The summed E-state index contributed by atoms with van der Waals surface area (Å²) in [5, 5.41) is 12.2. The second kappa shape index (κ2) is 5.52. The molecule has 0 radical (unpaired) electrons.